The highest BCUT2D eigenvalue weighted by Gasteiger charge is 2.58. The lowest BCUT2D eigenvalue weighted by atomic mass is 9.97. The smallest absolute Gasteiger partial charge is 0.338 e. The SMILES string of the molecule is C#CC1(F)C(O)[C@@H](COP(N)(=O)N[C@H](CC(C)C)C(=O)OCC)O[C@H]1n1cnc2c(NC3CC3)nc(N)nc21. The lowest BCUT2D eigenvalue weighted by molar-refractivity contribution is -0.145. The van der Waals surface area contributed by atoms with Crippen molar-refractivity contribution in [3.8, 4) is 12.3 Å². The molecule has 3 heterocycles. The highest BCUT2D eigenvalue weighted by molar-refractivity contribution is 7.54. The Morgan fingerprint density at radius 3 is 2.79 bits per heavy atom. The first-order valence-electron chi connectivity index (χ1n) is 12.6. The van der Waals surface area contributed by atoms with Crippen molar-refractivity contribution >= 4 is 36.6 Å². The molecule has 3 unspecified atom stereocenters. The van der Waals surface area contributed by atoms with Crippen LogP contribution in [-0.2, 0) is 23.4 Å². The number of hydrogen-bond donors (Lipinski definition) is 5. The molecule has 2 fully saturated rings. The van der Waals surface area contributed by atoms with Crippen molar-refractivity contribution in [1.82, 2.24) is 24.6 Å². The molecule has 1 aliphatic heterocycles. The van der Waals surface area contributed by atoms with Gasteiger partial charge in [-0.2, -0.15) is 9.97 Å². The van der Waals surface area contributed by atoms with Crippen molar-refractivity contribution < 1.29 is 32.9 Å². The van der Waals surface area contributed by atoms with Gasteiger partial charge in [0.15, 0.2) is 23.2 Å². The number of carbonyl (C=O) groups is 1. The van der Waals surface area contributed by atoms with Gasteiger partial charge in [-0.3, -0.25) is 13.9 Å². The third kappa shape index (κ3) is 6.32. The summed E-state index contributed by atoms with van der Waals surface area (Å²) in [6.45, 7) is 4.88. The molecule has 1 aliphatic carbocycles. The highest BCUT2D eigenvalue weighted by atomic mass is 31.2. The molecule has 6 atom stereocenters. The van der Waals surface area contributed by atoms with Crippen molar-refractivity contribution in [1.29, 1.82) is 0 Å². The third-order valence-corrected chi connectivity index (χ3v) is 7.53. The van der Waals surface area contributed by atoms with Crippen LogP contribution in [0.2, 0.25) is 0 Å². The number of terminal acetylenes is 1. The van der Waals surface area contributed by atoms with Crippen molar-refractivity contribution in [2.45, 2.75) is 76.2 Å². The normalized spacial score (nSPS) is 27.3. The summed E-state index contributed by atoms with van der Waals surface area (Å²) >= 11 is 0. The van der Waals surface area contributed by atoms with Gasteiger partial charge >= 0.3 is 13.6 Å². The first kappa shape index (κ1) is 29.1. The maximum absolute atomic E-state index is 16.0. The molecule has 16 heteroatoms. The van der Waals surface area contributed by atoms with Gasteiger partial charge in [-0.15, -0.1) is 6.42 Å². The fraction of sp³-hybridized carbons (Fsp3) is 0.652. The summed E-state index contributed by atoms with van der Waals surface area (Å²) in [5, 5.41) is 16.5. The minimum atomic E-state index is -4.13. The van der Waals surface area contributed by atoms with Crippen LogP contribution < -0.4 is 21.6 Å². The highest BCUT2D eigenvalue weighted by Crippen LogP contribution is 2.44. The van der Waals surface area contributed by atoms with Gasteiger partial charge in [0.1, 0.15) is 18.2 Å². The van der Waals surface area contributed by atoms with E-state index in [1.54, 1.807) is 6.92 Å². The molecule has 0 bridgehead atoms. The largest absolute Gasteiger partial charge is 0.465 e. The molecule has 2 aromatic rings. The lowest BCUT2D eigenvalue weighted by Crippen LogP contribution is -2.43. The Bertz CT molecular complexity index is 1300. The second-order valence-electron chi connectivity index (χ2n) is 10.0. The number of aromatic nitrogens is 4. The fourth-order valence-electron chi connectivity index (χ4n) is 4.29. The number of carbonyl (C=O) groups excluding carboxylic acids is 1. The zero-order chi connectivity index (χ0) is 28.5. The minimum Gasteiger partial charge on any atom is -0.465 e. The molecular weight excluding hydrogens is 534 g/mol. The standard InChI is InChI=1S/C23H34FN8O6P/c1-5-23(24)17(33)15(10-37-39(26,35)31-14(9-12(3)4)20(34)36-6-2)38-21(23)32-11-27-16-18(28-13-7-8-13)29-22(25)30-19(16)32/h1,11-15,17,21,33H,6-10H2,2-4H3,(H3,26,31,35)(H3,25,28,29,30)/t14-,15-,17?,21-,23?,39?/m1/s1. The number of aliphatic hydroxyl groups is 1. The number of alkyl halides is 1. The number of aliphatic hydroxyl groups excluding tert-OH is 1. The first-order valence-corrected chi connectivity index (χ1v) is 14.3. The number of hydrogen-bond acceptors (Lipinski definition) is 11. The fourth-order valence-corrected chi connectivity index (χ4v) is 5.38. The van der Waals surface area contributed by atoms with Gasteiger partial charge in [0.05, 0.1) is 19.5 Å². The molecule has 2 aromatic heterocycles. The molecule has 1 saturated heterocycles. The van der Waals surface area contributed by atoms with E-state index in [1.165, 1.54) is 10.9 Å². The molecular formula is C23H34FN8O6P. The number of esters is 1. The average molecular weight is 569 g/mol. The summed E-state index contributed by atoms with van der Waals surface area (Å²) in [6, 6.07) is -0.774. The van der Waals surface area contributed by atoms with Gasteiger partial charge in [0.2, 0.25) is 11.6 Å². The number of nitrogen functional groups attached to an aromatic ring is 1. The number of nitrogens with zero attached hydrogens (tertiary/aromatic N) is 4. The maximum atomic E-state index is 16.0. The zero-order valence-electron chi connectivity index (χ0n) is 21.9. The molecule has 14 nitrogen and oxygen atoms in total. The summed E-state index contributed by atoms with van der Waals surface area (Å²) in [6.07, 6.45) is 4.09. The van der Waals surface area contributed by atoms with Crippen LogP contribution in [0.4, 0.5) is 16.2 Å². The molecule has 0 radical (unpaired) electrons. The number of nitrogens with one attached hydrogen (secondary N) is 2. The Balaban J connectivity index is 1.53. The van der Waals surface area contributed by atoms with Crippen LogP contribution in [0.15, 0.2) is 6.33 Å². The van der Waals surface area contributed by atoms with Gasteiger partial charge in [0.25, 0.3) is 0 Å². The average Bonchev–Trinajstić information content (AvgIpc) is 3.52. The van der Waals surface area contributed by atoms with Gasteiger partial charge in [-0.1, -0.05) is 19.8 Å². The van der Waals surface area contributed by atoms with E-state index in [2.05, 4.69) is 25.4 Å². The molecule has 0 aromatic carbocycles. The summed E-state index contributed by atoms with van der Waals surface area (Å²) in [5.74, 6) is 1.66. The quantitative estimate of drug-likeness (QED) is 0.139. The molecule has 0 spiro atoms. The Morgan fingerprint density at radius 2 is 2.18 bits per heavy atom. The monoisotopic (exact) mass is 568 g/mol. The van der Waals surface area contributed by atoms with Gasteiger partial charge in [-0.05, 0) is 32.1 Å². The van der Waals surface area contributed by atoms with Crippen LogP contribution in [0.5, 0.6) is 0 Å². The summed E-state index contributed by atoms with van der Waals surface area (Å²) in [4.78, 5) is 24.9. The van der Waals surface area contributed by atoms with E-state index in [4.69, 9.17) is 31.7 Å². The number of rotatable bonds is 12. The number of fused-ring (bicyclic) bond motifs is 1. The Hall–Kier alpha value is -2.86. The molecule has 39 heavy (non-hydrogen) atoms. The minimum absolute atomic E-state index is 0.0401. The van der Waals surface area contributed by atoms with Crippen molar-refractivity contribution in [3.05, 3.63) is 6.33 Å². The molecule has 2 aliphatic rings. The second-order valence-corrected chi connectivity index (χ2v) is 11.7. The van der Waals surface area contributed by atoms with Gasteiger partial charge < -0.3 is 30.2 Å². The van der Waals surface area contributed by atoms with Crippen molar-refractivity contribution in [2.75, 3.05) is 24.3 Å². The third-order valence-electron chi connectivity index (χ3n) is 6.32. The Kier molecular flexibility index (Phi) is 8.46. The molecule has 0 amide bonds. The van der Waals surface area contributed by atoms with Crippen LogP contribution in [0, 0.1) is 18.3 Å². The topological polar surface area (TPSA) is 202 Å². The second kappa shape index (κ2) is 11.3. The summed E-state index contributed by atoms with van der Waals surface area (Å²) in [5.41, 5.74) is 9.41. The van der Waals surface area contributed by atoms with Crippen LogP contribution >= 0.6 is 7.67 Å². The van der Waals surface area contributed by atoms with Crippen LogP contribution in [-0.4, -0.2) is 73.8 Å². The van der Waals surface area contributed by atoms with E-state index >= 15 is 4.39 Å². The lowest BCUT2D eigenvalue weighted by Gasteiger charge is -2.24. The Morgan fingerprint density at radius 1 is 1.46 bits per heavy atom. The van der Waals surface area contributed by atoms with Crippen molar-refractivity contribution in [2.24, 2.45) is 11.4 Å². The van der Waals surface area contributed by atoms with Crippen LogP contribution in [0.25, 0.3) is 11.2 Å². The van der Waals surface area contributed by atoms with Crippen LogP contribution in [0.3, 0.4) is 0 Å². The predicted molar refractivity (Wildman–Crippen MR) is 140 cm³/mol. The van der Waals surface area contributed by atoms with E-state index in [-0.39, 0.29) is 36.6 Å². The number of nitrogens with two attached hydrogens (primary N) is 2. The molecule has 1 saturated carbocycles. The Labute approximate surface area is 224 Å². The molecule has 214 valence electrons. The number of anilines is 2. The van der Waals surface area contributed by atoms with E-state index in [0.29, 0.717) is 11.3 Å². The number of ether oxygens (including phenoxy) is 2. The predicted octanol–water partition coefficient (Wildman–Crippen LogP) is 1.23. The summed E-state index contributed by atoms with van der Waals surface area (Å²) < 4.78 is 46.3. The van der Waals surface area contributed by atoms with Crippen LogP contribution in [0.1, 0.15) is 46.3 Å². The van der Waals surface area contributed by atoms with E-state index < -0.39 is 50.4 Å². The number of halogens is 1. The first-order chi connectivity index (χ1) is 18.4. The van der Waals surface area contributed by atoms with E-state index in [1.807, 2.05) is 19.8 Å². The zero-order valence-corrected chi connectivity index (χ0v) is 22.8. The van der Waals surface area contributed by atoms with E-state index in [9.17, 15) is 14.5 Å². The summed E-state index contributed by atoms with van der Waals surface area (Å²) in [7, 11) is -4.13. The van der Waals surface area contributed by atoms with E-state index in [0.717, 1.165) is 12.8 Å². The van der Waals surface area contributed by atoms with Crippen molar-refractivity contribution in [3.63, 3.8) is 0 Å². The molecule has 4 rings (SSSR count). The maximum Gasteiger partial charge on any atom is 0.338 e. The molecule has 7 N–H and O–H groups in total. The number of imidazole rings is 1. The van der Waals surface area contributed by atoms with Gasteiger partial charge in [0, 0.05) is 6.04 Å². The van der Waals surface area contributed by atoms with Gasteiger partial charge in [-0.25, -0.2) is 20.0 Å².